The van der Waals surface area contributed by atoms with Crippen LogP contribution >= 0.6 is 0 Å². The molecule has 1 aliphatic heterocycles. The lowest BCUT2D eigenvalue weighted by molar-refractivity contribution is 0.204. The van der Waals surface area contributed by atoms with Gasteiger partial charge in [-0.15, -0.1) is 0 Å². The van der Waals surface area contributed by atoms with E-state index in [0.29, 0.717) is 0 Å². The van der Waals surface area contributed by atoms with Gasteiger partial charge < -0.3 is 5.11 Å². The molecule has 2 atom stereocenters. The molecule has 1 N–H and O–H groups in total. The van der Waals surface area contributed by atoms with Gasteiger partial charge in [0, 0.05) is 0 Å². The van der Waals surface area contributed by atoms with E-state index in [0.717, 1.165) is 5.56 Å². The lowest BCUT2D eigenvalue weighted by Crippen LogP contribution is -2.32. The van der Waals surface area contributed by atoms with Crippen LogP contribution in [0, 0.1) is 6.92 Å². The SMILES string of the molecule is Cc1cccc(S(=O)(=O)[C@H]2CS(=O)(=O)C[C@@H]2O)c1. The smallest absolute Gasteiger partial charge is 0.184 e. The molecule has 1 saturated heterocycles. The molecule has 7 heteroatoms. The number of aryl methyl sites for hydroxylation is 1. The van der Waals surface area contributed by atoms with Crippen molar-refractivity contribution in [3.05, 3.63) is 29.8 Å². The van der Waals surface area contributed by atoms with Gasteiger partial charge in [-0.25, -0.2) is 16.8 Å². The predicted octanol–water partition coefficient (Wildman–Crippen LogP) is -0.0734. The lowest BCUT2D eigenvalue weighted by atomic mass is 10.2. The highest BCUT2D eigenvalue weighted by atomic mass is 32.2. The van der Waals surface area contributed by atoms with Crippen LogP contribution in [0.15, 0.2) is 29.2 Å². The minimum Gasteiger partial charge on any atom is -0.391 e. The minimum absolute atomic E-state index is 0.0589. The zero-order valence-electron chi connectivity index (χ0n) is 9.78. The quantitative estimate of drug-likeness (QED) is 0.823. The van der Waals surface area contributed by atoms with Gasteiger partial charge in [0.05, 0.1) is 22.5 Å². The van der Waals surface area contributed by atoms with Gasteiger partial charge in [-0.2, -0.15) is 0 Å². The Morgan fingerprint density at radius 1 is 1.28 bits per heavy atom. The van der Waals surface area contributed by atoms with Crippen LogP contribution in [0.2, 0.25) is 0 Å². The van der Waals surface area contributed by atoms with Crippen LogP contribution in [-0.2, 0) is 19.7 Å². The molecule has 1 heterocycles. The second-order valence-electron chi connectivity index (χ2n) is 4.54. The summed E-state index contributed by atoms with van der Waals surface area (Å²) >= 11 is 0. The summed E-state index contributed by atoms with van der Waals surface area (Å²) in [4.78, 5) is 0.0589. The fraction of sp³-hybridized carbons (Fsp3) is 0.455. The van der Waals surface area contributed by atoms with E-state index in [1.54, 1.807) is 19.1 Å². The molecule has 0 amide bonds. The molecule has 0 aliphatic carbocycles. The summed E-state index contributed by atoms with van der Waals surface area (Å²) in [6.45, 7) is 1.75. The zero-order valence-corrected chi connectivity index (χ0v) is 11.4. The van der Waals surface area contributed by atoms with E-state index in [2.05, 4.69) is 0 Å². The Hall–Kier alpha value is -0.920. The van der Waals surface area contributed by atoms with Gasteiger partial charge in [0.1, 0.15) is 5.25 Å². The van der Waals surface area contributed by atoms with Crippen LogP contribution in [0.1, 0.15) is 5.56 Å². The first-order chi connectivity index (χ1) is 8.22. The Bertz CT molecular complexity index is 660. The van der Waals surface area contributed by atoms with Gasteiger partial charge in [0.2, 0.25) is 0 Å². The Kier molecular flexibility index (Phi) is 3.25. The van der Waals surface area contributed by atoms with Gasteiger partial charge in [0.25, 0.3) is 0 Å². The monoisotopic (exact) mass is 290 g/mol. The second-order valence-corrected chi connectivity index (χ2v) is 8.86. The van der Waals surface area contributed by atoms with E-state index in [1.807, 2.05) is 0 Å². The van der Waals surface area contributed by atoms with E-state index < -0.39 is 42.5 Å². The zero-order chi connectivity index (χ0) is 13.6. The predicted molar refractivity (Wildman–Crippen MR) is 66.8 cm³/mol. The molecule has 18 heavy (non-hydrogen) atoms. The molecule has 2 rings (SSSR count). The molecule has 100 valence electrons. The Labute approximate surface area is 106 Å². The summed E-state index contributed by atoms with van der Waals surface area (Å²) in [6, 6.07) is 6.24. The van der Waals surface area contributed by atoms with Gasteiger partial charge in [0.15, 0.2) is 19.7 Å². The maximum atomic E-state index is 12.3. The summed E-state index contributed by atoms with van der Waals surface area (Å²) in [5.74, 6) is -0.993. The molecule has 0 aromatic heterocycles. The first-order valence-electron chi connectivity index (χ1n) is 5.41. The second kappa shape index (κ2) is 4.32. The van der Waals surface area contributed by atoms with E-state index in [1.165, 1.54) is 12.1 Å². The van der Waals surface area contributed by atoms with Crippen molar-refractivity contribution in [2.75, 3.05) is 11.5 Å². The molecular weight excluding hydrogens is 276 g/mol. The molecule has 0 unspecified atom stereocenters. The number of sulfone groups is 2. The number of aliphatic hydroxyl groups excluding tert-OH is 1. The molecule has 1 fully saturated rings. The molecule has 0 bridgehead atoms. The van der Waals surface area contributed by atoms with Crippen molar-refractivity contribution >= 4 is 19.7 Å². The molecule has 1 aromatic rings. The summed E-state index contributed by atoms with van der Waals surface area (Å²) in [7, 11) is -7.29. The summed E-state index contributed by atoms with van der Waals surface area (Å²) < 4.78 is 47.3. The standard InChI is InChI=1S/C11H14O5S2/c1-8-3-2-4-9(5-8)18(15,16)11-7-17(13,14)6-10(11)12/h2-5,10-12H,6-7H2,1H3/t10-,11-/m0/s1. The minimum atomic E-state index is -3.81. The third-order valence-corrected chi connectivity index (χ3v) is 7.11. The van der Waals surface area contributed by atoms with Crippen LogP contribution < -0.4 is 0 Å². The number of hydrogen-bond donors (Lipinski definition) is 1. The Morgan fingerprint density at radius 3 is 2.44 bits per heavy atom. The van der Waals surface area contributed by atoms with Crippen molar-refractivity contribution in [2.45, 2.75) is 23.2 Å². The first-order valence-corrected chi connectivity index (χ1v) is 8.78. The maximum absolute atomic E-state index is 12.3. The van der Waals surface area contributed by atoms with E-state index in [-0.39, 0.29) is 4.90 Å². The average molecular weight is 290 g/mol. The van der Waals surface area contributed by atoms with Gasteiger partial charge in [-0.1, -0.05) is 12.1 Å². The molecule has 0 spiro atoms. The van der Waals surface area contributed by atoms with Crippen molar-refractivity contribution in [2.24, 2.45) is 0 Å². The number of benzene rings is 1. The van der Waals surface area contributed by atoms with Crippen molar-refractivity contribution in [1.82, 2.24) is 0 Å². The number of rotatable bonds is 2. The van der Waals surface area contributed by atoms with Crippen LogP contribution in [0.25, 0.3) is 0 Å². The normalized spacial score (nSPS) is 27.2. The lowest BCUT2D eigenvalue weighted by Gasteiger charge is -2.14. The summed E-state index contributed by atoms with van der Waals surface area (Å²) in [6.07, 6.45) is -1.35. The molecule has 0 radical (unpaired) electrons. The molecule has 0 saturated carbocycles. The highest BCUT2D eigenvalue weighted by Gasteiger charge is 2.45. The van der Waals surface area contributed by atoms with Crippen molar-refractivity contribution < 1.29 is 21.9 Å². The van der Waals surface area contributed by atoms with Crippen LogP contribution in [0.4, 0.5) is 0 Å². The first kappa shape index (κ1) is 13.5. The maximum Gasteiger partial charge on any atom is 0.184 e. The molecular formula is C11H14O5S2. The number of hydrogen-bond acceptors (Lipinski definition) is 5. The van der Waals surface area contributed by atoms with Crippen LogP contribution in [0.5, 0.6) is 0 Å². The van der Waals surface area contributed by atoms with Crippen LogP contribution in [0.3, 0.4) is 0 Å². The van der Waals surface area contributed by atoms with Gasteiger partial charge >= 0.3 is 0 Å². The van der Waals surface area contributed by atoms with Crippen molar-refractivity contribution in [3.63, 3.8) is 0 Å². The Balaban J connectivity index is 2.45. The summed E-state index contributed by atoms with van der Waals surface area (Å²) in [5.41, 5.74) is 0.770. The van der Waals surface area contributed by atoms with Crippen molar-refractivity contribution in [3.8, 4) is 0 Å². The largest absolute Gasteiger partial charge is 0.391 e. The third kappa shape index (κ3) is 2.43. The molecule has 1 aromatic carbocycles. The van der Waals surface area contributed by atoms with Crippen molar-refractivity contribution in [1.29, 1.82) is 0 Å². The Morgan fingerprint density at radius 2 is 1.94 bits per heavy atom. The van der Waals surface area contributed by atoms with Gasteiger partial charge in [-0.3, -0.25) is 0 Å². The topological polar surface area (TPSA) is 88.5 Å². The molecule has 5 nitrogen and oxygen atoms in total. The summed E-state index contributed by atoms with van der Waals surface area (Å²) in [5, 5.41) is 8.37. The van der Waals surface area contributed by atoms with E-state index in [9.17, 15) is 21.9 Å². The fourth-order valence-electron chi connectivity index (χ4n) is 2.06. The highest BCUT2D eigenvalue weighted by molar-refractivity contribution is 7.96. The molecule has 1 aliphatic rings. The van der Waals surface area contributed by atoms with E-state index >= 15 is 0 Å². The fourth-order valence-corrected chi connectivity index (χ4v) is 6.61. The highest BCUT2D eigenvalue weighted by Crippen LogP contribution is 2.26. The number of aliphatic hydroxyl groups is 1. The van der Waals surface area contributed by atoms with Crippen LogP contribution in [-0.4, -0.2) is 44.8 Å². The third-order valence-electron chi connectivity index (χ3n) is 2.99. The van der Waals surface area contributed by atoms with Gasteiger partial charge in [-0.05, 0) is 24.6 Å². The average Bonchev–Trinajstić information content (AvgIpc) is 2.53. The van der Waals surface area contributed by atoms with E-state index in [4.69, 9.17) is 0 Å².